The van der Waals surface area contributed by atoms with Gasteiger partial charge in [0.25, 0.3) is 0 Å². The lowest BCUT2D eigenvalue weighted by Crippen LogP contribution is -2.16. The Morgan fingerprint density at radius 2 is 1.81 bits per heavy atom. The van der Waals surface area contributed by atoms with Gasteiger partial charge in [-0.05, 0) is 24.1 Å². The van der Waals surface area contributed by atoms with Crippen LogP contribution in [-0.4, -0.2) is 34.6 Å². The molecule has 0 aromatic heterocycles. The number of rotatable bonds is 6. The first-order valence-electron chi connectivity index (χ1n) is 5.38. The summed E-state index contributed by atoms with van der Waals surface area (Å²) in [4.78, 5) is 0. The molecule has 0 bridgehead atoms. The van der Waals surface area contributed by atoms with Crippen molar-refractivity contribution in [1.29, 1.82) is 0 Å². The summed E-state index contributed by atoms with van der Waals surface area (Å²) in [6, 6.07) is 6.82. The Bertz CT molecular complexity index is 296. The van der Waals surface area contributed by atoms with E-state index in [0.29, 0.717) is 17.7 Å². The molecule has 0 radical (unpaired) electrons. The third-order valence-electron chi connectivity index (χ3n) is 2.36. The molecular weight excluding hydrogens is 208 g/mol. The summed E-state index contributed by atoms with van der Waals surface area (Å²) in [6.45, 7) is 2.03. The van der Waals surface area contributed by atoms with Crippen LogP contribution in [-0.2, 0) is 0 Å². The maximum absolute atomic E-state index is 9.73. The van der Waals surface area contributed by atoms with Gasteiger partial charge in [-0.15, -0.1) is 0 Å². The second kappa shape index (κ2) is 6.48. The molecule has 0 aliphatic rings. The Kier molecular flexibility index (Phi) is 5.25. The summed E-state index contributed by atoms with van der Waals surface area (Å²) in [5.74, 6) is 0.635. The third-order valence-corrected chi connectivity index (χ3v) is 2.36. The van der Waals surface area contributed by atoms with Crippen LogP contribution >= 0.6 is 0 Å². The Hall–Kier alpha value is -1.10. The van der Waals surface area contributed by atoms with Crippen molar-refractivity contribution in [3.05, 3.63) is 29.8 Å². The fraction of sp³-hybridized carbons (Fsp3) is 0.500. The molecule has 16 heavy (non-hydrogen) atoms. The average molecular weight is 226 g/mol. The first kappa shape index (κ1) is 13.0. The number of hydrogen-bond donors (Lipinski definition) is 3. The lowest BCUT2D eigenvalue weighted by atomic mass is 10.0. The van der Waals surface area contributed by atoms with Crippen LogP contribution in [0.5, 0.6) is 5.75 Å². The van der Waals surface area contributed by atoms with Crippen molar-refractivity contribution in [3.63, 3.8) is 0 Å². The van der Waals surface area contributed by atoms with Gasteiger partial charge in [-0.3, -0.25) is 0 Å². The van der Waals surface area contributed by atoms with E-state index in [1.54, 1.807) is 24.3 Å². The predicted octanol–water partition coefficient (Wildman–Crippen LogP) is 0.862. The van der Waals surface area contributed by atoms with Gasteiger partial charge in [0, 0.05) is 0 Å². The fourth-order valence-electron chi connectivity index (χ4n) is 1.37. The Balaban J connectivity index is 2.63. The van der Waals surface area contributed by atoms with Crippen molar-refractivity contribution in [2.45, 2.75) is 25.6 Å². The molecule has 2 atom stereocenters. The maximum atomic E-state index is 9.73. The van der Waals surface area contributed by atoms with Crippen LogP contribution in [0.2, 0.25) is 0 Å². The first-order valence-corrected chi connectivity index (χ1v) is 5.38. The molecular formula is C12H18O4. The molecule has 1 aromatic rings. The van der Waals surface area contributed by atoms with Crippen LogP contribution in [0, 0.1) is 0 Å². The SMILES string of the molecule is CCC(O)C(O)c1ccc(OCCO)cc1. The Labute approximate surface area is 95.1 Å². The molecule has 0 aliphatic carbocycles. The third kappa shape index (κ3) is 3.48. The molecule has 4 heteroatoms. The number of ether oxygens (including phenoxy) is 1. The molecule has 0 saturated heterocycles. The van der Waals surface area contributed by atoms with Crippen LogP contribution < -0.4 is 4.74 Å². The van der Waals surface area contributed by atoms with E-state index < -0.39 is 12.2 Å². The van der Waals surface area contributed by atoms with Crippen molar-refractivity contribution in [1.82, 2.24) is 0 Å². The number of aliphatic hydroxyl groups excluding tert-OH is 3. The highest BCUT2D eigenvalue weighted by Gasteiger charge is 2.15. The van der Waals surface area contributed by atoms with E-state index in [9.17, 15) is 10.2 Å². The van der Waals surface area contributed by atoms with Gasteiger partial charge in [0.05, 0.1) is 12.7 Å². The zero-order valence-electron chi connectivity index (χ0n) is 9.34. The van der Waals surface area contributed by atoms with Crippen molar-refractivity contribution in [2.75, 3.05) is 13.2 Å². The molecule has 0 spiro atoms. The summed E-state index contributed by atoms with van der Waals surface area (Å²) in [7, 11) is 0. The van der Waals surface area contributed by atoms with Gasteiger partial charge in [0.2, 0.25) is 0 Å². The van der Waals surface area contributed by atoms with Crippen molar-refractivity contribution in [2.24, 2.45) is 0 Å². The van der Waals surface area contributed by atoms with Gasteiger partial charge in [-0.2, -0.15) is 0 Å². The minimum atomic E-state index is -0.864. The summed E-state index contributed by atoms with van der Waals surface area (Å²) in [6.07, 6.45) is -1.11. The molecule has 3 N–H and O–H groups in total. The fourth-order valence-corrected chi connectivity index (χ4v) is 1.37. The lowest BCUT2D eigenvalue weighted by Gasteiger charge is -2.16. The number of hydrogen-bond acceptors (Lipinski definition) is 4. The van der Waals surface area contributed by atoms with Crippen LogP contribution in [0.1, 0.15) is 25.0 Å². The van der Waals surface area contributed by atoms with Gasteiger partial charge < -0.3 is 20.1 Å². The van der Waals surface area contributed by atoms with Crippen molar-refractivity contribution < 1.29 is 20.1 Å². The van der Waals surface area contributed by atoms with E-state index in [4.69, 9.17) is 9.84 Å². The van der Waals surface area contributed by atoms with Crippen LogP contribution in [0.3, 0.4) is 0 Å². The van der Waals surface area contributed by atoms with E-state index in [0.717, 1.165) is 0 Å². The van der Waals surface area contributed by atoms with Gasteiger partial charge in [0.15, 0.2) is 0 Å². The first-order chi connectivity index (χ1) is 7.69. The molecule has 1 rings (SSSR count). The van der Waals surface area contributed by atoms with Crippen molar-refractivity contribution in [3.8, 4) is 5.75 Å². The van der Waals surface area contributed by atoms with E-state index in [2.05, 4.69) is 0 Å². The largest absolute Gasteiger partial charge is 0.491 e. The number of aliphatic hydroxyl groups is 3. The highest BCUT2D eigenvalue weighted by atomic mass is 16.5. The molecule has 90 valence electrons. The summed E-state index contributed by atoms with van der Waals surface area (Å²) in [5, 5.41) is 27.8. The highest BCUT2D eigenvalue weighted by Crippen LogP contribution is 2.21. The van der Waals surface area contributed by atoms with Gasteiger partial charge in [-0.25, -0.2) is 0 Å². The standard InChI is InChI=1S/C12H18O4/c1-2-11(14)12(15)9-3-5-10(6-4-9)16-8-7-13/h3-6,11-15H,2,7-8H2,1H3. The zero-order valence-corrected chi connectivity index (χ0v) is 9.34. The molecule has 2 unspecified atom stereocenters. The average Bonchev–Trinajstić information content (AvgIpc) is 2.35. The van der Waals surface area contributed by atoms with Gasteiger partial charge in [-0.1, -0.05) is 19.1 Å². The normalized spacial score (nSPS) is 14.5. The van der Waals surface area contributed by atoms with Gasteiger partial charge in [0.1, 0.15) is 18.5 Å². The van der Waals surface area contributed by atoms with E-state index >= 15 is 0 Å². The van der Waals surface area contributed by atoms with Crippen LogP contribution in [0.4, 0.5) is 0 Å². The monoisotopic (exact) mass is 226 g/mol. The molecule has 1 aromatic carbocycles. The molecule has 0 fully saturated rings. The second-order valence-corrected chi connectivity index (χ2v) is 3.56. The number of benzene rings is 1. The Morgan fingerprint density at radius 3 is 2.31 bits per heavy atom. The van der Waals surface area contributed by atoms with Crippen LogP contribution in [0.25, 0.3) is 0 Å². The molecule has 0 heterocycles. The lowest BCUT2D eigenvalue weighted by molar-refractivity contribution is 0.0164. The molecule has 4 nitrogen and oxygen atoms in total. The molecule has 0 saturated carbocycles. The summed E-state index contributed by atoms with van der Waals surface area (Å²) in [5.41, 5.74) is 0.658. The Morgan fingerprint density at radius 1 is 1.19 bits per heavy atom. The van der Waals surface area contributed by atoms with Crippen LogP contribution in [0.15, 0.2) is 24.3 Å². The van der Waals surface area contributed by atoms with E-state index in [1.807, 2.05) is 6.92 Å². The minimum Gasteiger partial charge on any atom is -0.491 e. The smallest absolute Gasteiger partial charge is 0.119 e. The zero-order chi connectivity index (χ0) is 12.0. The predicted molar refractivity (Wildman–Crippen MR) is 60.3 cm³/mol. The molecule has 0 aliphatic heterocycles. The second-order valence-electron chi connectivity index (χ2n) is 3.56. The molecule has 0 amide bonds. The minimum absolute atomic E-state index is 0.0288. The summed E-state index contributed by atoms with van der Waals surface area (Å²) >= 11 is 0. The summed E-state index contributed by atoms with van der Waals surface area (Å²) < 4.78 is 5.18. The maximum Gasteiger partial charge on any atom is 0.119 e. The highest BCUT2D eigenvalue weighted by molar-refractivity contribution is 5.28. The van der Waals surface area contributed by atoms with E-state index in [1.165, 1.54) is 0 Å². The van der Waals surface area contributed by atoms with Gasteiger partial charge >= 0.3 is 0 Å². The quantitative estimate of drug-likeness (QED) is 0.673. The topological polar surface area (TPSA) is 69.9 Å². The van der Waals surface area contributed by atoms with E-state index in [-0.39, 0.29) is 13.2 Å². The van der Waals surface area contributed by atoms with Crippen molar-refractivity contribution >= 4 is 0 Å².